The summed E-state index contributed by atoms with van der Waals surface area (Å²) >= 11 is 0. The van der Waals surface area contributed by atoms with Crippen LogP contribution in [0.5, 0.6) is 0 Å². The molecule has 0 radical (unpaired) electrons. The molecule has 0 heterocycles. The van der Waals surface area contributed by atoms with E-state index in [1.165, 1.54) is 0 Å². The molecule has 1 unspecified atom stereocenters. The maximum atomic E-state index is 9.01. The van der Waals surface area contributed by atoms with Crippen molar-refractivity contribution >= 4 is 0 Å². The molecule has 1 aromatic rings. The van der Waals surface area contributed by atoms with Crippen molar-refractivity contribution in [3.05, 3.63) is 71.3 Å². The van der Waals surface area contributed by atoms with Crippen molar-refractivity contribution in [1.82, 2.24) is 0 Å². The van der Waals surface area contributed by atoms with Gasteiger partial charge in [0, 0.05) is 5.92 Å². The van der Waals surface area contributed by atoms with Crippen LogP contribution in [0, 0.1) is 22.7 Å². The Balaban J connectivity index is 2.30. The maximum absolute atomic E-state index is 9.01. The van der Waals surface area contributed by atoms with Crippen LogP contribution >= 0.6 is 0 Å². The van der Waals surface area contributed by atoms with E-state index in [2.05, 4.69) is 24.8 Å². The zero-order valence-corrected chi connectivity index (χ0v) is 9.93. The Kier molecular flexibility index (Phi) is 3.41. The Morgan fingerprint density at radius 2 is 2.00 bits per heavy atom. The third-order valence-electron chi connectivity index (χ3n) is 3.08. The lowest BCUT2D eigenvalue weighted by molar-refractivity contribution is 0.848. The van der Waals surface area contributed by atoms with Gasteiger partial charge in [-0.05, 0) is 29.7 Å². The third-order valence-corrected chi connectivity index (χ3v) is 3.08. The van der Waals surface area contributed by atoms with Gasteiger partial charge in [0.05, 0.1) is 11.1 Å². The average molecular weight is 232 g/mol. The van der Waals surface area contributed by atoms with E-state index in [1.807, 2.05) is 24.3 Å². The predicted octanol–water partition coefficient (Wildman–Crippen LogP) is 3.59. The fraction of sp³-hybridized carbons (Fsp3) is 0.125. The van der Waals surface area contributed by atoms with Gasteiger partial charge < -0.3 is 0 Å². The summed E-state index contributed by atoms with van der Waals surface area (Å²) in [4.78, 5) is 0. The number of hydrogen-bond acceptors (Lipinski definition) is 2. The topological polar surface area (TPSA) is 47.6 Å². The second kappa shape index (κ2) is 5.17. The van der Waals surface area contributed by atoms with Crippen molar-refractivity contribution < 1.29 is 0 Å². The van der Waals surface area contributed by atoms with Crippen molar-refractivity contribution in [2.75, 3.05) is 0 Å². The number of benzene rings is 1. The molecule has 0 amide bonds. The smallest absolute Gasteiger partial charge is 0.101 e. The van der Waals surface area contributed by atoms with Gasteiger partial charge in [0.2, 0.25) is 0 Å². The van der Waals surface area contributed by atoms with Crippen LogP contribution < -0.4 is 0 Å². The number of hydrogen-bond donors (Lipinski definition) is 0. The van der Waals surface area contributed by atoms with Gasteiger partial charge in [-0.1, -0.05) is 36.9 Å². The van der Waals surface area contributed by atoms with Crippen LogP contribution in [0.25, 0.3) is 0 Å². The number of allylic oxidation sites excluding steroid dienone is 5. The molecular weight excluding hydrogens is 220 g/mol. The molecule has 1 aromatic carbocycles. The van der Waals surface area contributed by atoms with Crippen molar-refractivity contribution in [3.63, 3.8) is 0 Å². The first-order valence-corrected chi connectivity index (χ1v) is 5.73. The molecule has 0 fully saturated rings. The average Bonchev–Trinajstić information content (AvgIpc) is 2.46. The second-order valence-electron chi connectivity index (χ2n) is 4.14. The molecule has 1 atom stereocenters. The second-order valence-corrected chi connectivity index (χ2v) is 4.14. The van der Waals surface area contributed by atoms with Gasteiger partial charge >= 0.3 is 0 Å². The summed E-state index contributed by atoms with van der Waals surface area (Å²) in [5, 5.41) is 17.9. The zero-order valence-electron chi connectivity index (χ0n) is 9.93. The first kappa shape index (κ1) is 11.9. The molecule has 0 spiro atoms. The minimum Gasteiger partial charge on any atom is -0.192 e. The van der Waals surface area contributed by atoms with Gasteiger partial charge in [0.15, 0.2) is 0 Å². The number of nitriles is 2. The van der Waals surface area contributed by atoms with E-state index in [-0.39, 0.29) is 5.92 Å². The predicted molar refractivity (Wildman–Crippen MR) is 70.7 cm³/mol. The van der Waals surface area contributed by atoms with Crippen LogP contribution in [-0.2, 0) is 0 Å². The SMILES string of the molecule is C=CC1=CCC(c2ccc(C#N)c(C#N)c2)C=C1. The zero-order chi connectivity index (χ0) is 13.0. The highest BCUT2D eigenvalue weighted by atomic mass is 14.3. The maximum Gasteiger partial charge on any atom is 0.101 e. The van der Waals surface area contributed by atoms with Crippen LogP contribution in [0.15, 0.2) is 54.7 Å². The van der Waals surface area contributed by atoms with Gasteiger partial charge in [-0.15, -0.1) is 0 Å². The van der Waals surface area contributed by atoms with E-state index in [4.69, 9.17) is 10.5 Å². The van der Waals surface area contributed by atoms with Crippen LogP contribution in [-0.4, -0.2) is 0 Å². The van der Waals surface area contributed by atoms with Crippen LogP contribution in [0.3, 0.4) is 0 Å². The number of rotatable bonds is 2. The minimum atomic E-state index is 0.272. The highest BCUT2D eigenvalue weighted by Crippen LogP contribution is 2.28. The van der Waals surface area contributed by atoms with E-state index < -0.39 is 0 Å². The Morgan fingerprint density at radius 3 is 2.56 bits per heavy atom. The van der Waals surface area contributed by atoms with E-state index in [9.17, 15) is 0 Å². The molecule has 0 bridgehead atoms. The van der Waals surface area contributed by atoms with Gasteiger partial charge in [0.1, 0.15) is 12.1 Å². The van der Waals surface area contributed by atoms with Crippen LogP contribution in [0.2, 0.25) is 0 Å². The summed E-state index contributed by atoms with van der Waals surface area (Å²) in [6.07, 6.45) is 8.99. The molecule has 1 aliphatic rings. The van der Waals surface area contributed by atoms with E-state index in [1.54, 1.807) is 12.1 Å². The normalized spacial score (nSPS) is 17.4. The Hall–Kier alpha value is -2.58. The minimum absolute atomic E-state index is 0.272. The summed E-state index contributed by atoms with van der Waals surface area (Å²) in [5.41, 5.74) is 3.08. The highest BCUT2D eigenvalue weighted by Gasteiger charge is 2.12. The molecule has 0 N–H and O–H groups in total. The largest absolute Gasteiger partial charge is 0.192 e. The molecule has 86 valence electrons. The van der Waals surface area contributed by atoms with Gasteiger partial charge in [-0.2, -0.15) is 10.5 Å². The Bertz CT molecular complexity index is 621. The summed E-state index contributed by atoms with van der Waals surface area (Å²) in [6, 6.07) is 9.54. The molecule has 2 nitrogen and oxygen atoms in total. The van der Waals surface area contributed by atoms with Crippen LogP contribution in [0.4, 0.5) is 0 Å². The van der Waals surface area contributed by atoms with Crippen molar-refractivity contribution in [1.29, 1.82) is 10.5 Å². The molecule has 0 saturated carbocycles. The summed E-state index contributed by atoms with van der Waals surface area (Å²) in [6.45, 7) is 3.73. The highest BCUT2D eigenvalue weighted by molar-refractivity contribution is 5.49. The summed E-state index contributed by atoms with van der Waals surface area (Å²) in [7, 11) is 0. The Morgan fingerprint density at radius 1 is 1.22 bits per heavy atom. The standard InChI is InChI=1S/C16H12N2/c1-2-12-3-5-13(6-4-12)14-7-8-15(10-17)16(9-14)11-18/h2-5,7-9,13H,1,6H2. The fourth-order valence-corrected chi connectivity index (χ4v) is 2.02. The van der Waals surface area contributed by atoms with Crippen molar-refractivity contribution in [2.45, 2.75) is 12.3 Å². The van der Waals surface area contributed by atoms with Crippen molar-refractivity contribution in [3.8, 4) is 12.1 Å². The van der Waals surface area contributed by atoms with E-state index in [0.717, 1.165) is 17.6 Å². The molecule has 2 heteroatoms. The molecule has 0 aromatic heterocycles. The first-order chi connectivity index (χ1) is 8.78. The Labute approximate surface area is 107 Å². The molecule has 1 aliphatic carbocycles. The van der Waals surface area contributed by atoms with Crippen LogP contribution in [0.1, 0.15) is 29.0 Å². The van der Waals surface area contributed by atoms with Gasteiger partial charge in [-0.25, -0.2) is 0 Å². The molecular formula is C16H12N2. The lowest BCUT2D eigenvalue weighted by atomic mass is 9.88. The molecule has 2 rings (SSSR count). The quantitative estimate of drug-likeness (QED) is 0.782. The van der Waals surface area contributed by atoms with E-state index in [0.29, 0.717) is 11.1 Å². The number of nitrogens with zero attached hydrogens (tertiary/aromatic N) is 2. The van der Waals surface area contributed by atoms with E-state index >= 15 is 0 Å². The lowest BCUT2D eigenvalue weighted by Crippen LogP contribution is -1.99. The molecule has 0 saturated heterocycles. The third kappa shape index (κ3) is 2.24. The van der Waals surface area contributed by atoms with Crippen molar-refractivity contribution in [2.24, 2.45) is 0 Å². The molecule has 0 aliphatic heterocycles. The first-order valence-electron chi connectivity index (χ1n) is 5.73. The van der Waals surface area contributed by atoms with Gasteiger partial charge in [-0.3, -0.25) is 0 Å². The summed E-state index contributed by atoms with van der Waals surface area (Å²) < 4.78 is 0. The molecule has 18 heavy (non-hydrogen) atoms. The fourth-order valence-electron chi connectivity index (χ4n) is 2.02. The van der Waals surface area contributed by atoms with Gasteiger partial charge in [0.25, 0.3) is 0 Å². The summed E-state index contributed by atoms with van der Waals surface area (Å²) in [5.74, 6) is 0.272. The monoisotopic (exact) mass is 232 g/mol. The lowest BCUT2D eigenvalue weighted by Gasteiger charge is -2.15.